The first-order valence-corrected chi connectivity index (χ1v) is 9.30. The van der Waals surface area contributed by atoms with Crippen LogP contribution < -0.4 is 0 Å². The quantitative estimate of drug-likeness (QED) is 0.573. The molecule has 3 aromatic rings. The normalized spacial score (nSPS) is 10.5. The predicted octanol–water partition coefficient (Wildman–Crippen LogP) is 4.89. The fourth-order valence-corrected chi connectivity index (χ4v) is 3.66. The molecule has 0 aliphatic heterocycles. The van der Waals surface area contributed by atoms with E-state index in [4.69, 9.17) is 0 Å². The second kappa shape index (κ2) is 7.65. The SMILES string of the molecule is CCn1c(SCc2ccccc2C#N)nnc1-c1ccc(Br)cc1. The summed E-state index contributed by atoms with van der Waals surface area (Å²) in [6, 6.07) is 17.9. The van der Waals surface area contributed by atoms with Gasteiger partial charge in [0.25, 0.3) is 0 Å². The van der Waals surface area contributed by atoms with Crippen molar-refractivity contribution in [3.63, 3.8) is 0 Å². The summed E-state index contributed by atoms with van der Waals surface area (Å²) in [5.41, 5.74) is 2.76. The maximum absolute atomic E-state index is 9.20. The molecule has 3 rings (SSSR count). The summed E-state index contributed by atoms with van der Waals surface area (Å²) < 4.78 is 3.14. The van der Waals surface area contributed by atoms with Crippen LogP contribution in [0.1, 0.15) is 18.1 Å². The van der Waals surface area contributed by atoms with Gasteiger partial charge in [0.2, 0.25) is 0 Å². The summed E-state index contributed by atoms with van der Waals surface area (Å²) in [7, 11) is 0. The van der Waals surface area contributed by atoms with E-state index in [1.807, 2.05) is 48.5 Å². The lowest BCUT2D eigenvalue weighted by molar-refractivity contribution is 0.687. The number of benzene rings is 2. The van der Waals surface area contributed by atoms with Crippen LogP contribution in [0.4, 0.5) is 0 Å². The van der Waals surface area contributed by atoms with Gasteiger partial charge in [-0.1, -0.05) is 58.0 Å². The first-order chi connectivity index (χ1) is 11.7. The Balaban J connectivity index is 1.85. The Kier molecular flexibility index (Phi) is 5.34. The standard InChI is InChI=1S/C18H15BrN4S/c1-2-23-17(13-7-9-16(19)10-8-13)21-22-18(23)24-12-15-6-4-3-5-14(15)11-20/h3-10H,2,12H2,1H3. The van der Waals surface area contributed by atoms with E-state index in [-0.39, 0.29) is 0 Å². The van der Waals surface area contributed by atoms with Crippen LogP contribution in [-0.4, -0.2) is 14.8 Å². The number of rotatable bonds is 5. The monoisotopic (exact) mass is 398 g/mol. The molecule has 0 aliphatic rings. The lowest BCUT2D eigenvalue weighted by atomic mass is 10.1. The number of thioether (sulfide) groups is 1. The molecule has 2 aromatic carbocycles. The number of nitrogens with zero attached hydrogens (tertiary/aromatic N) is 4. The van der Waals surface area contributed by atoms with E-state index in [0.717, 1.165) is 33.1 Å². The van der Waals surface area contributed by atoms with Crippen molar-refractivity contribution in [2.24, 2.45) is 0 Å². The molecule has 0 unspecified atom stereocenters. The molecule has 120 valence electrons. The van der Waals surface area contributed by atoms with Crippen molar-refractivity contribution in [3.05, 3.63) is 64.1 Å². The minimum absolute atomic E-state index is 0.697. The highest BCUT2D eigenvalue weighted by atomic mass is 79.9. The summed E-state index contributed by atoms with van der Waals surface area (Å²) >= 11 is 5.05. The summed E-state index contributed by atoms with van der Waals surface area (Å²) in [6.07, 6.45) is 0. The zero-order valence-electron chi connectivity index (χ0n) is 13.1. The zero-order chi connectivity index (χ0) is 16.9. The van der Waals surface area contributed by atoms with E-state index in [1.54, 1.807) is 11.8 Å². The topological polar surface area (TPSA) is 54.5 Å². The molecule has 0 spiro atoms. The molecule has 1 aromatic heterocycles. The summed E-state index contributed by atoms with van der Waals surface area (Å²) in [5.74, 6) is 1.56. The van der Waals surface area contributed by atoms with Gasteiger partial charge in [0.1, 0.15) is 0 Å². The van der Waals surface area contributed by atoms with Gasteiger partial charge < -0.3 is 4.57 Å². The molecular formula is C18H15BrN4S. The van der Waals surface area contributed by atoms with E-state index < -0.39 is 0 Å². The molecule has 0 radical (unpaired) electrons. The van der Waals surface area contributed by atoms with Crippen LogP contribution in [0.2, 0.25) is 0 Å². The molecule has 0 atom stereocenters. The Morgan fingerprint density at radius 2 is 1.88 bits per heavy atom. The number of hydrogen-bond donors (Lipinski definition) is 0. The molecule has 0 saturated carbocycles. The molecular weight excluding hydrogens is 384 g/mol. The van der Waals surface area contributed by atoms with Crippen LogP contribution in [0.25, 0.3) is 11.4 Å². The maximum Gasteiger partial charge on any atom is 0.191 e. The molecule has 0 bridgehead atoms. The first kappa shape index (κ1) is 16.7. The van der Waals surface area contributed by atoms with Crippen LogP contribution in [-0.2, 0) is 12.3 Å². The van der Waals surface area contributed by atoms with Crippen LogP contribution in [0.15, 0.2) is 58.2 Å². The van der Waals surface area contributed by atoms with E-state index >= 15 is 0 Å². The molecule has 4 nitrogen and oxygen atoms in total. The number of hydrogen-bond acceptors (Lipinski definition) is 4. The van der Waals surface area contributed by atoms with Gasteiger partial charge in [-0.15, -0.1) is 10.2 Å². The highest BCUT2D eigenvalue weighted by Gasteiger charge is 2.13. The highest BCUT2D eigenvalue weighted by molar-refractivity contribution is 9.10. The van der Waals surface area contributed by atoms with E-state index in [2.05, 4.69) is 43.7 Å². The molecule has 1 heterocycles. The van der Waals surface area contributed by atoms with Crippen molar-refractivity contribution in [1.82, 2.24) is 14.8 Å². The van der Waals surface area contributed by atoms with Crippen molar-refractivity contribution in [3.8, 4) is 17.5 Å². The average molecular weight is 399 g/mol. The average Bonchev–Trinajstić information content (AvgIpc) is 3.03. The van der Waals surface area contributed by atoms with Crippen LogP contribution in [0.3, 0.4) is 0 Å². The Labute approximate surface area is 153 Å². The van der Waals surface area contributed by atoms with Gasteiger partial charge in [-0.3, -0.25) is 0 Å². The van der Waals surface area contributed by atoms with Crippen LogP contribution >= 0.6 is 27.7 Å². The lowest BCUT2D eigenvalue weighted by Gasteiger charge is -2.08. The smallest absolute Gasteiger partial charge is 0.191 e. The Hall–Kier alpha value is -2.10. The van der Waals surface area contributed by atoms with Crippen molar-refractivity contribution in [2.45, 2.75) is 24.4 Å². The summed E-state index contributed by atoms with van der Waals surface area (Å²) in [5, 5.41) is 18.8. The van der Waals surface area contributed by atoms with Gasteiger partial charge in [0.15, 0.2) is 11.0 Å². The third-order valence-electron chi connectivity index (χ3n) is 3.63. The maximum atomic E-state index is 9.20. The molecule has 0 aliphatic carbocycles. The lowest BCUT2D eigenvalue weighted by Crippen LogP contribution is -2.00. The van der Waals surface area contributed by atoms with Crippen molar-refractivity contribution in [1.29, 1.82) is 5.26 Å². The Morgan fingerprint density at radius 1 is 1.12 bits per heavy atom. The summed E-state index contributed by atoms with van der Waals surface area (Å²) in [4.78, 5) is 0. The molecule has 0 N–H and O–H groups in total. The summed E-state index contributed by atoms with van der Waals surface area (Å²) in [6.45, 7) is 2.87. The van der Waals surface area contributed by atoms with E-state index in [1.165, 1.54) is 0 Å². The highest BCUT2D eigenvalue weighted by Crippen LogP contribution is 2.27. The predicted molar refractivity (Wildman–Crippen MR) is 99.6 cm³/mol. The minimum atomic E-state index is 0.697. The molecule has 24 heavy (non-hydrogen) atoms. The van der Waals surface area contributed by atoms with Gasteiger partial charge in [0, 0.05) is 22.3 Å². The number of aromatic nitrogens is 3. The van der Waals surface area contributed by atoms with E-state index in [9.17, 15) is 5.26 Å². The van der Waals surface area contributed by atoms with Gasteiger partial charge in [-0.05, 0) is 30.7 Å². The number of halogens is 1. The minimum Gasteiger partial charge on any atom is -0.302 e. The fourth-order valence-electron chi connectivity index (χ4n) is 2.39. The van der Waals surface area contributed by atoms with Crippen molar-refractivity contribution < 1.29 is 0 Å². The molecule has 0 amide bonds. The van der Waals surface area contributed by atoms with Gasteiger partial charge in [0.05, 0.1) is 11.6 Å². The second-order valence-electron chi connectivity index (χ2n) is 5.11. The van der Waals surface area contributed by atoms with Gasteiger partial charge in [-0.2, -0.15) is 5.26 Å². The Morgan fingerprint density at radius 3 is 2.58 bits per heavy atom. The van der Waals surface area contributed by atoms with E-state index in [0.29, 0.717) is 11.3 Å². The third-order valence-corrected chi connectivity index (χ3v) is 5.17. The largest absolute Gasteiger partial charge is 0.302 e. The second-order valence-corrected chi connectivity index (χ2v) is 6.97. The molecule has 0 saturated heterocycles. The third kappa shape index (κ3) is 3.53. The van der Waals surface area contributed by atoms with Crippen LogP contribution in [0.5, 0.6) is 0 Å². The number of nitriles is 1. The fraction of sp³-hybridized carbons (Fsp3) is 0.167. The van der Waals surface area contributed by atoms with Crippen LogP contribution in [0, 0.1) is 11.3 Å². The van der Waals surface area contributed by atoms with Crippen molar-refractivity contribution in [2.75, 3.05) is 0 Å². The van der Waals surface area contributed by atoms with Gasteiger partial charge in [-0.25, -0.2) is 0 Å². The molecule has 6 heteroatoms. The van der Waals surface area contributed by atoms with Crippen molar-refractivity contribution >= 4 is 27.7 Å². The Bertz CT molecular complexity index is 881. The zero-order valence-corrected chi connectivity index (χ0v) is 15.5. The molecule has 0 fully saturated rings. The van der Waals surface area contributed by atoms with Gasteiger partial charge >= 0.3 is 0 Å². The first-order valence-electron chi connectivity index (χ1n) is 7.53.